The Morgan fingerprint density at radius 2 is 1.63 bits per heavy atom. The van der Waals surface area contributed by atoms with E-state index in [1.807, 2.05) is 41.3 Å². The van der Waals surface area contributed by atoms with Gasteiger partial charge in [-0.15, -0.1) is 6.58 Å². The van der Waals surface area contributed by atoms with Crippen LogP contribution in [0.5, 0.6) is 28.7 Å². The zero-order chi connectivity index (χ0) is 47.0. The summed E-state index contributed by atoms with van der Waals surface area (Å²) in [6.07, 6.45) is 17.3. The molecule has 3 heterocycles. The monoisotopic (exact) mass is 933 g/mol. The number of aryl methyl sites for hydroxylation is 2. The van der Waals surface area contributed by atoms with E-state index in [4.69, 9.17) is 38.4 Å². The third-order valence-electron chi connectivity index (χ3n) is 15.5. The van der Waals surface area contributed by atoms with Crippen molar-refractivity contribution >= 4 is 11.6 Å². The van der Waals surface area contributed by atoms with Gasteiger partial charge in [0.25, 0.3) is 0 Å². The molecule has 0 radical (unpaired) electrons. The molecule has 12 heteroatoms. The molecule has 1 amide bonds. The summed E-state index contributed by atoms with van der Waals surface area (Å²) in [7, 11) is 0. The maximum atomic E-state index is 15.4. The zero-order valence-corrected chi connectivity index (χ0v) is 40.2. The van der Waals surface area contributed by atoms with Gasteiger partial charge in [-0.1, -0.05) is 68.0 Å². The van der Waals surface area contributed by atoms with Crippen LogP contribution in [0.1, 0.15) is 131 Å². The topological polar surface area (TPSA) is 138 Å². The van der Waals surface area contributed by atoms with Gasteiger partial charge in [0, 0.05) is 50.5 Å². The number of hydrogen-bond donors (Lipinski definition) is 2. The average molecular weight is 933 g/mol. The van der Waals surface area contributed by atoms with Crippen molar-refractivity contribution in [3.8, 4) is 28.7 Å². The number of aliphatic hydroxyl groups is 2. The Morgan fingerprint density at radius 3 is 2.41 bits per heavy atom. The lowest BCUT2D eigenvalue weighted by atomic mass is 9.55. The van der Waals surface area contributed by atoms with Crippen molar-refractivity contribution in [1.82, 2.24) is 4.90 Å². The predicted molar refractivity (Wildman–Crippen MR) is 260 cm³/mol. The van der Waals surface area contributed by atoms with Crippen LogP contribution in [-0.2, 0) is 25.7 Å². The molecule has 68 heavy (non-hydrogen) atoms. The average Bonchev–Trinajstić information content (AvgIpc) is 4.07. The summed E-state index contributed by atoms with van der Waals surface area (Å²) in [5.74, 6) is 2.16. The predicted octanol–water partition coefficient (Wildman–Crippen LogP) is 11.0. The SMILES string of the molecule is C=CCOC12Oc3ccc(Oc4ccc(C)c(C)c4)cc3C3C(CCCCO)C(CCCCO)C=C(C(=NOC4CCCCO4)CC1N(Cc1ccc4c(c1)OCO4)C(=O)CCC1CCCC1)C32. The molecule has 3 aliphatic heterocycles. The van der Waals surface area contributed by atoms with Gasteiger partial charge in [-0.05, 0) is 141 Å². The molecule has 366 valence electrons. The van der Waals surface area contributed by atoms with Gasteiger partial charge in [0.2, 0.25) is 24.8 Å². The minimum absolute atomic E-state index is 0.0322. The lowest BCUT2D eigenvalue weighted by molar-refractivity contribution is -0.258. The van der Waals surface area contributed by atoms with Crippen LogP contribution >= 0.6 is 0 Å². The number of nitrogens with zero attached hydrogens (tertiary/aromatic N) is 2. The summed E-state index contributed by atoms with van der Waals surface area (Å²) in [5, 5.41) is 25.2. The van der Waals surface area contributed by atoms with Gasteiger partial charge in [-0.2, -0.15) is 0 Å². The largest absolute Gasteiger partial charge is 0.459 e. The van der Waals surface area contributed by atoms with Crippen molar-refractivity contribution in [2.75, 3.05) is 33.2 Å². The van der Waals surface area contributed by atoms with Crippen molar-refractivity contribution in [3.05, 3.63) is 101 Å². The summed E-state index contributed by atoms with van der Waals surface area (Å²) in [5.41, 5.74) is 6.00. The fourth-order valence-electron chi connectivity index (χ4n) is 11.9. The lowest BCUT2D eigenvalue weighted by Gasteiger charge is -2.60. The van der Waals surface area contributed by atoms with Crippen LogP contribution in [0.15, 0.2) is 84.1 Å². The van der Waals surface area contributed by atoms with E-state index in [0.29, 0.717) is 61.2 Å². The summed E-state index contributed by atoms with van der Waals surface area (Å²) in [6, 6.07) is 17.5. The Hall–Kier alpha value is -4.88. The Labute approximate surface area is 402 Å². The Morgan fingerprint density at radius 1 is 0.868 bits per heavy atom. The van der Waals surface area contributed by atoms with Crippen molar-refractivity contribution in [1.29, 1.82) is 0 Å². The Balaban J connectivity index is 1.23. The normalized spacial score (nSPS) is 26.6. The standard InChI is InChI=1S/C56H72N2O10/c1-4-28-65-56-51(58(52(61)25-20-39-13-5-6-14-39)35-40-19-23-49-50(31-40)64-36-63-49)34-47(57-68-53-17-9-12-29-62-53)45-32-41(15-7-10-26-59)44(16-8-11-27-60)54(55(45)56)46-33-43(22-24-48(46)67-56)66-42-21-18-37(2)38(3)30-42/h4,18-19,21-24,30-33,39,41,44,51,53-55,59-60H,1,5-17,20,25-29,34-36H2,2-3H3. The van der Waals surface area contributed by atoms with E-state index in [9.17, 15) is 10.2 Å². The van der Waals surface area contributed by atoms with Gasteiger partial charge in [0.15, 0.2) is 11.5 Å². The first kappa shape index (κ1) is 48.2. The summed E-state index contributed by atoms with van der Waals surface area (Å²) in [4.78, 5) is 23.8. The minimum Gasteiger partial charge on any atom is -0.459 e. The number of aliphatic hydroxyl groups excluding tert-OH is 2. The number of benzene rings is 3. The number of rotatable bonds is 21. The molecule has 7 atom stereocenters. The second-order valence-electron chi connectivity index (χ2n) is 19.9. The van der Waals surface area contributed by atoms with Crippen LogP contribution in [0.4, 0.5) is 0 Å². The Kier molecular flexibility index (Phi) is 15.8. The number of ether oxygens (including phenoxy) is 6. The number of hydrogen-bond acceptors (Lipinski definition) is 11. The molecule has 2 saturated carbocycles. The third kappa shape index (κ3) is 10.5. The number of carbonyl (C=O) groups is 1. The number of oxime groups is 1. The first-order valence-electron chi connectivity index (χ1n) is 25.6. The molecule has 6 aliphatic rings. The van der Waals surface area contributed by atoms with E-state index in [1.54, 1.807) is 6.08 Å². The van der Waals surface area contributed by atoms with E-state index in [1.165, 1.54) is 18.4 Å². The first-order chi connectivity index (χ1) is 33.3. The van der Waals surface area contributed by atoms with Crippen molar-refractivity contribution < 1.29 is 48.3 Å². The van der Waals surface area contributed by atoms with Gasteiger partial charge >= 0.3 is 0 Å². The highest BCUT2D eigenvalue weighted by Crippen LogP contribution is 2.62. The molecule has 7 unspecified atom stereocenters. The van der Waals surface area contributed by atoms with Gasteiger partial charge in [0.05, 0.1) is 24.8 Å². The molecule has 3 aromatic carbocycles. The number of allylic oxidation sites excluding steroid dienone is 1. The van der Waals surface area contributed by atoms with Crippen LogP contribution < -0.4 is 18.9 Å². The van der Waals surface area contributed by atoms with Gasteiger partial charge in [-0.25, -0.2) is 0 Å². The fraction of sp³-hybridized carbons (Fsp3) is 0.571. The fourth-order valence-corrected chi connectivity index (χ4v) is 11.9. The van der Waals surface area contributed by atoms with Crippen LogP contribution in [-0.4, -0.2) is 78.1 Å². The van der Waals surface area contributed by atoms with Crippen LogP contribution in [0, 0.1) is 37.5 Å². The third-order valence-corrected chi connectivity index (χ3v) is 15.5. The molecule has 9 rings (SSSR count). The second-order valence-corrected chi connectivity index (χ2v) is 19.9. The molecule has 3 fully saturated rings. The number of fused-ring (bicyclic) bond motifs is 3. The second kappa shape index (κ2) is 22.3. The van der Waals surface area contributed by atoms with Crippen LogP contribution in [0.25, 0.3) is 0 Å². The van der Waals surface area contributed by atoms with Gasteiger partial charge in [-0.3, -0.25) is 4.79 Å². The molecule has 3 aromatic rings. The number of amides is 1. The van der Waals surface area contributed by atoms with E-state index >= 15 is 4.79 Å². The summed E-state index contributed by atoms with van der Waals surface area (Å²) < 4.78 is 39.2. The molecule has 0 spiro atoms. The lowest BCUT2D eigenvalue weighted by Crippen LogP contribution is -2.70. The molecular weight excluding hydrogens is 861 g/mol. The van der Waals surface area contributed by atoms with E-state index < -0.39 is 24.0 Å². The van der Waals surface area contributed by atoms with Crippen molar-refractivity contribution in [3.63, 3.8) is 0 Å². The first-order valence-corrected chi connectivity index (χ1v) is 25.6. The highest BCUT2D eigenvalue weighted by Gasteiger charge is 2.65. The summed E-state index contributed by atoms with van der Waals surface area (Å²) in [6.45, 7) is 9.77. The number of unbranched alkanes of at least 4 members (excludes halogenated alkanes) is 2. The molecule has 0 aromatic heterocycles. The van der Waals surface area contributed by atoms with Gasteiger partial charge < -0.3 is 48.4 Å². The molecule has 12 nitrogen and oxygen atoms in total. The van der Waals surface area contributed by atoms with E-state index in [2.05, 4.69) is 44.7 Å². The quantitative estimate of drug-likeness (QED) is 0.0603. The zero-order valence-electron chi connectivity index (χ0n) is 40.2. The van der Waals surface area contributed by atoms with E-state index in [0.717, 1.165) is 97.9 Å². The molecule has 1 saturated heterocycles. The molecule has 0 bridgehead atoms. The smallest absolute Gasteiger partial charge is 0.239 e. The van der Waals surface area contributed by atoms with Gasteiger partial charge in [0.1, 0.15) is 23.3 Å². The van der Waals surface area contributed by atoms with E-state index in [-0.39, 0.29) is 56.8 Å². The maximum Gasteiger partial charge on any atom is 0.239 e. The Bertz CT molecular complexity index is 2280. The molecular formula is C56H72N2O10. The van der Waals surface area contributed by atoms with Crippen LogP contribution in [0.3, 0.4) is 0 Å². The van der Waals surface area contributed by atoms with Crippen LogP contribution in [0.2, 0.25) is 0 Å². The number of carbonyl (C=O) groups excluding carboxylic acids is 1. The highest BCUT2D eigenvalue weighted by atomic mass is 16.8. The molecule has 2 N–H and O–H groups in total. The van der Waals surface area contributed by atoms with Crippen molar-refractivity contribution in [2.24, 2.45) is 28.8 Å². The minimum atomic E-state index is -1.39. The van der Waals surface area contributed by atoms with Crippen molar-refractivity contribution in [2.45, 2.75) is 147 Å². The summed E-state index contributed by atoms with van der Waals surface area (Å²) >= 11 is 0. The molecule has 3 aliphatic carbocycles. The maximum absolute atomic E-state index is 15.4. The highest BCUT2D eigenvalue weighted by molar-refractivity contribution is 6.03.